The first kappa shape index (κ1) is 11.5. The van der Waals surface area contributed by atoms with Gasteiger partial charge in [0.05, 0.1) is 6.42 Å². The zero-order valence-corrected chi connectivity index (χ0v) is 8.77. The highest BCUT2D eigenvalue weighted by Crippen LogP contribution is 2.13. The first-order chi connectivity index (χ1) is 6.93. The number of hydrogen-bond acceptors (Lipinski definition) is 3. The summed E-state index contributed by atoms with van der Waals surface area (Å²) in [5, 5.41) is 8.46. The second-order valence-electron chi connectivity index (χ2n) is 3.71. The number of nitrogens with zero attached hydrogens (tertiary/aromatic N) is 2. The zero-order valence-electron chi connectivity index (χ0n) is 8.77. The molecule has 84 valence electrons. The summed E-state index contributed by atoms with van der Waals surface area (Å²) >= 11 is 0. The molecule has 1 saturated heterocycles. The normalized spacial score (nSPS) is 16.7. The lowest BCUT2D eigenvalue weighted by molar-refractivity contribution is -0.137. The van der Waals surface area contributed by atoms with Gasteiger partial charge in [-0.15, -0.1) is 0 Å². The molecule has 1 aliphatic heterocycles. The number of amides is 3. The van der Waals surface area contributed by atoms with Gasteiger partial charge in [0.15, 0.2) is 0 Å². The van der Waals surface area contributed by atoms with Crippen molar-refractivity contribution >= 4 is 17.9 Å². The molecule has 0 aromatic carbocycles. The van der Waals surface area contributed by atoms with Crippen molar-refractivity contribution in [2.75, 3.05) is 13.1 Å². The Kier molecular flexibility index (Phi) is 3.28. The Bertz CT molecular complexity index is 300. The number of carbonyl (C=O) groups excluding carboxylic acids is 2. The van der Waals surface area contributed by atoms with Crippen molar-refractivity contribution < 1.29 is 19.5 Å². The van der Waals surface area contributed by atoms with Gasteiger partial charge in [-0.05, 0) is 13.8 Å². The van der Waals surface area contributed by atoms with E-state index < -0.39 is 12.0 Å². The van der Waals surface area contributed by atoms with Crippen LogP contribution in [0.4, 0.5) is 4.79 Å². The molecular weight excluding hydrogens is 200 g/mol. The second-order valence-corrected chi connectivity index (χ2v) is 3.71. The number of imide groups is 1. The van der Waals surface area contributed by atoms with Crippen LogP contribution in [-0.2, 0) is 9.59 Å². The molecule has 3 amide bonds. The van der Waals surface area contributed by atoms with Crippen LogP contribution in [-0.4, -0.2) is 51.9 Å². The maximum atomic E-state index is 11.6. The van der Waals surface area contributed by atoms with E-state index in [1.807, 2.05) is 0 Å². The van der Waals surface area contributed by atoms with Gasteiger partial charge in [0.25, 0.3) is 5.91 Å². The highest BCUT2D eigenvalue weighted by Gasteiger charge is 2.37. The monoisotopic (exact) mass is 214 g/mol. The Morgan fingerprint density at radius 1 is 1.47 bits per heavy atom. The van der Waals surface area contributed by atoms with Gasteiger partial charge < -0.3 is 10.0 Å². The largest absolute Gasteiger partial charge is 0.481 e. The van der Waals surface area contributed by atoms with Crippen molar-refractivity contribution in [3.05, 3.63) is 0 Å². The minimum atomic E-state index is -0.974. The van der Waals surface area contributed by atoms with Gasteiger partial charge in [0.2, 0.25) is 0 Å². The summed E-state index contributed by atoms with van der Waals surface area (Å²) in [7, 11) is 0. The van der Waals surface area contributed by atoms with Crippen molar-refractivity contribution in [3.8, 4) is 0 Å². The summed E-state index contributed by atoms with van der Waals surface area (Å²) in [5.74, 6) is -1.24. The van der Waals surface area contributed by atoms with E-state index in [0.29, 0.717) is 0 Å². The van der Waals surface area contributed by atoms with Crippen LogP contribution in [0.2, 0.25) is 0 Å². The minimum absolute atomic E-state index is 0.00963. The Labute approximate surface area is 87.5 Å². The molecule has 1 N–H and O–H groups in total. The lowest BCUT2D eigenvalue weighted by Gasteiger charge is -2.19. The molecule has 0 spiro atoms. The van der Waals surface area contributed by atoms with Gasteiger partial charge in [-0.3, -0.25) is 14.5 Å². The fourth-order valence-electron chi connectivity index (χ4n) is 1.48. The molecule has 6 nitrogen and oxygen atoms in total. The Morgan fingerprint density at radius 2 is 2.07 bits per heavy atom. The third kappa shape index (κ3) is 2.45. The van der Waals surface area contributed by atoms with E-state index in [0.717, 1.165) is 4.90 Å². The summed E-state index contributed by atoms with van der Waals surface area (Å²) < 4.78 is 0. The van der Waals surface area contributed by atoms with Crippen LogP contribution in [0.1, 0.15) is 20.3 Å². The number of carbonyl (C=O) groups is 3. The Morgan fingerprint density at radius 3 is 2.47 bits per heavy atom. The van der Waals surface area contributed by atoms with Crippen molar-refractivity contribution in [1.82, 2.24) is 9.80 Å². The number of urea groups is 1. The van der Waals surface area contributed by atoms with Gasteiger partial charge >= 0.3 is 12.0 Å². The zero-order chi connectivity index (χ0) is 11.6. The van der Waals surface area contributed by atoms with Crippen LogP contribution >= 0.6 is 0 Å². The molecule has 0 aliphatic carbocycles. The average Bonchev–Trinajstić information content (AvgIpc) is 2.37. The highest BCUT2D eigenvalue weighted by atomic mass is 16.4. The van der Waals surface area contributed by atoms with E-state index in [1.54, 1.807) is 13.8 Å². The average molecular weight is 214 g/mol. The molecule has 0 unspecified atom stereocenters. The third-order valence-corrected chi connectivity index (χ3v) is 2.18. The predicted molar refractivity (Wildman–Crippen MR) is 51.2 cm³/mol. The van der Waals surface area contributed by atoms with Crippen LogP contribution in [0.5, 0.6) is 0 Å². The number of carboxylic acid groups (broad SMARTS) is 1. The van der Waals surface area contributed by atoms with E-state index >= 15 is 0 Å². The van der Waals surface area contributed by atoms with E-state index in [-0.39, 0.29) is 31.5 Å². The molecule has 1 fully saturated rings. The highest BCUT2D eigenvalue weighted by molar-refractivity contribution is 6.02. The molecular formula is C9H14N2O4. The molecule has 0 saturated carbocycles. The van der Waals surface area contributed by atoms with Crippen LogP contribution in [0.3, 0.4) is 0 Å². The van der Waals surface area contributed by atoms with Crippen LogP contribution < -0.4 is 0 Å². The van der Waals surface area contributed by atoms with Crippen molar-refractivity contribution in [1.29, 1.82) is 0 Å². The van der Waals surface area contributed by atoms with E-state index in [4.69, 9.17) is 5.11 Å². The van der Waals surface area contributed by atoms with Crippen LogP contribution in [0, 0.1) is 0 Å². The number of carboxylic acids is 1. The molecule has 0 bridgehead atoms. The fourth-order valence-corrected chi connectivity index (χ4v) is 1.48. The Balaban J connectivity index is 2.61. The van der Waals surface area contributed by atoms with E-state index in [9.17, 15) is 14.4 Å². The molecule has 6 heteroatoms. The number of hydrogen-bond donors (Lipinski definition) is 1. The lowest BCUT2D eigenvalue weighted by atomic mass is 10.3. The van der Waals surface area contributed by atoms with E-state index in [2.05, 4.69) is 0 Å². The summed E-state index contributed by atoms with van der Waals surface area (Å²) in [4.78, 5) is 35.7. The third-order valence-electron chi connectivity index (χ3n) is 2.18. The molecule has 15 heavy (non-hydrogen) atoms. The molecule has 1 heterocycles. The smallest absolute Gasteiger partial charge is 0.327 e. The summed E-state index contributed by atoms with van der Waals surface area (Å²) in [6, 6.07) is -0.573. The van der Waals surface area contributed by atoms with Gasteiger partial charge in [0.1, 0.15) is 6.54 Å². The first-order valence-electron chi connectivity index (χ1n) is 4.76. The molecule has 0 atom stereocenters. The fraction of sp³-hybridized carbons (Fsp3) is 0.667. The Hall–Kier alpha value is -1.59. The van der Waals surface area contributed by atoms with Crippen LogP contribution in [0.15, 0.2) is 0 Å². The SMILES string of the molecule is CC(C)N1C(=O)CN(CCC(=O)O)C1=O. The maximum Gasteiger partial charge on any atom is 0.327 e. The van der Waals surface area contributed by atoms with Gasteiger partial charge in [0, 0.05) is 12.6 Å². The molecule has 0 aromatic heterocycles. The predicted octanol–water partition coefficient (Wildman–Crippen LogP) is 0.134. The number of rotatable bonds is 4. The van der Waals surface area contributed by atoms with Crippen LogP contribution in [0.25, 0.3) is 0 Å². The summed E-state index contributed by atoms with van der Waals surface area (Å²) in [6.45, 7) is 3.57. The van der Waals surface area contributed by atoms with Gasteiger partial charge in [-0.25, -0.2) is 4.79 Å². The second kappa shape index (κ2) is 4.29. The van der Waals surface area contributed by atoms with Crippen molar-refractivity contribution in [2.45, 2.75) is 26.3 Å². The number of aliphatic carboxylic acids is 1. The molecule has 1 aliphatic rings. The molecule has 1 rings (SSSR count). The lowest BCUT2D eigenvalue weighted by Crippen LogP contribution is -2.38. The summed E-state index contributed by atoms with van der Waals surface area (Å²) in [5.41, 5.74) is 0. The molecule has 0 radical (unpaired) electrons. The van der Waals surface area contributed by atoms with Gasteiger partial charge in [-0.2, -0.15) is 0 Å². The quantitative estimate of drug-likeness (QED) is 0.675. The van der Waals surface area contributed by atoms with E-state index in [1.165, 1.54) is 4.90 Å². The summed E-state index contributed by atoms with van der Waals surface area (Å²) in [6.07, 6.45) is -0.134. The maximum absolute atomic E-state index is 11.6. The molecule has 0 aromatic rings. The van der Waals surface area contributed by atoms with Crippen molar-refractivity contribution in [3.63, 3.8) is 0 Å². The van der Waals surface area contributed by atoms with Crippen molar-refractivity contribution in [2.24, 2.45) is 0 Å². The standard InChI is InChI=1S/C9H14N2O4/c1-6(2)11-7(12)5-10(9(11)15)4-3-8(13)14/h6H,3-5H2,1-2H3,(H,13,14). The topological polar surface area (TPSA) is 77.9 Å². The van der Waals surface area contributed by atoms with Gasteiger partial charge in [-0.1, -0.05) is 0 Å². The minimum Gasteiger partial charge on any atom is -0.481 e. The first-order valence-corrected chi connectivity index (χ1v) is 4.76.